The van der Waals surface area contributed by atoms with Gasteiger partial charge in [0.05, 0.1) is 5.56 Å². The van der Waals surface area contributed by atoms with Gasteiger partial charge in [-0.05, 0) is 24.2 Å². The third-order valence-corrected chi connectivity index (χ3v) is 4.84. The molecule has 0 amide bonds. The topological polar surface area (TPSA) is 45.1 Å². The number of hydrogen-bond acceptors (Lipinski definition) is 3. The summed E-state index contributed by atoms with van der Waals surface area (Å²) in [4.78, 5) is 0. The molecule has 1 rings (SSSR count). The SMILES string of the molecule is C[Si](C)(C)CCOCNc1ccc(C#CCC(F)(F)F)cc1C(=N)F. The van der Waals surface area contributed by atoms with Crippen LogP contribution in [0.25, 0.3) is 0 Å². The molecular weight excluding hydrogens is 352 g/mol. The molecule has 0 saturated carbocycles. The molecule has 0 aromatic heterocycles. The summed E-state index contributed by atoms with van der Waals surface area (Å²) in [6.07, 6.45) is -5.60. The van der Waals surface area contributed by atoms with Crippen LogP contribution < -0.4 is 5.32 Å². The quantitative estimate of drug-likeness (QED) is 0.176. The Labute approximate surface area is 146 Å². The van der Waals surface area contributed by atoms with Crippen molar-refractivity contribution in [2.24, 2.45) is 0 Å². The van der Waals surface area contributed by atoms with Gasteiger partial charge in [0.1, 0.15) is 13.2 Å². The molecule has 0 atom stereocenters. The van der Waals surface area contributed by atoms with Crippen molar-refractivity contribution in [3.8, 4) is 11.8 Å². The van der Waals surface area contributed by atoms with Gasteiger partial charge in [-0.15, -0.1) is 0 Å². The van der Waals surface area contributed by atoms with Gasteiger partial charge in [-0.2, -0.15) is 17.6 Å². The summed E-state index contributed by atoms with van der Waals surface area (Å²) in [5.41, 5.74) is 0.487. The van der Waals surface area contributed by atoms with Gasteiger partial charge in [-0.3, -0.25) is 5.41 Å². The lowest BCUT2D eigenvalue weighted by Gasteiger charge is -2.16. The van der Waals surface area contributed by atoms with Gasteiger partial charge in [-0.1, -0.05) is 31.5 Å². The Bertz CT molecular complexity index is 657. The smallest absolute Gasteiger partial charge is 0.362 e. The fraction of sp³-hybridized carbons (Fsp3) is 0.471. The molecule has 0 saturated heterocycles. The van der Waals surface area contributed by atoms with Crippen molar-refractivity contribution in [2.45, 2.75) is 38.3 Å². The highest BCUT2D eigenvalue weighted by Crippen LogP contribution is 2.20. The number of benzene rings is 1. The molecule has 138 valence electrons. The van der Waals surface area contributed by atoms with E-state index in [1.807, 2.05) is 5.92 Å². The van der Waals surface area contributed by atoms with Crippen molar-refractivity contribution in [3.05, 3.63) is 29.3 Å². The Morgan fingerprint density at radius 3 is 2.52 bits per heavy atom. The van der Waals surface area contributed by atoms with Crippen molar-refractivity contribution in [3.63, 3.8) is 0 Å². The fourth-order valence-corrected chi connectivity index (χ4v) is 2.54. The fourth-order valence-electron chi connectivity index (χ4n) is 1.78. The first-order valence-corrected chi connectivity index (χ1v) is 11.4. The molecule has 0 bridgehead atoms. The summed E-state index contributed by atoms with van der Waals surface area (Å²) in [5, 5.41) is 10.1. The third kappa shape index (κ3) is 9.27. The number of nitrogens with one attached hydrogen (secondary N) is 2. The van der Waals surface area contributed by atoms with E-state index in [0.717, 1.165) is 6.04 Å². The minimum Gasteiger partial charge on any atom is -0.362 e. The summed E-state index contributed by atoms with van der Waals surface area (Å²) < 4.78 is 55.1. The minimum atomic E-state index is -4.36. The van der Waals surface area contributed by atoms with Crippen LogP contribution in [0, 0.1) is 17.3 Å². The number of hydrogen-bond donors (Lipinski definition) is 2. The van der Waals surface area contributed by atoms with E-state index in [4.69, 9.17) is 10.1 Å². The Kier molecular flexibility index (Phi) is 7.64. The maximum Gasteiger partial charge on any atom is 0.399 e. The number of rotatable bonds is 7. The molecule has 0 heterocycles. The van der Waals surface area contributed by atoms with E-state index in [9.17, 15) is 17.6 Å². The van der Waals surface area contributed by atoms with Gasteiger partial charge in [0, 0.05) is 25.9 Å². The number of ether oxygens (including phenoxy) is 1. The lowest BCUT2D eigenvalue weighted by molar-refractivity contribution is -0.123. The van der Waals surface area contributed by atoms with Gasteiger partial charge in [0.15, 0.2) is 0 Å². The van der Waals surface area contributed by atoms with E-state index in [-0.39, 0.29) is 17.9 Å². The first-order valence-electron chi connectivity index (χ1n) is 7.74. The zero-order valence-corrected chi connectivity index (χ0v) is 15.5. The molecule has 0 unspecified atom stereocenters. The standard InChI is InChI=1S/C17H22F4N2OSi/c1-25(2,3)10-9-24-12-23-15-7-6-13(11-14(15)16(18)22)5-4-8-17(19,20)21/h6-7,11,22-23H,8-10,12H2,1-3H3. The van der Waals surface area contributed by atoms with E-state index in [0.29, 0.717) is 12.3 Å². The van der Waals surface area contributed by atoms with Crippen LogP contribution in [0.15, 0.2) is 18.2 Å². The van der Waals surface area contributed by atoms with Gasteiger partial charge in [0.25, 0.3) is 0 Å². The van der Waals surface area contributed by atoms with Gasteiger partial charge < -0.3 is 10.1 Å². The Morgan fingerprint density at radius 2 is 1.96 bits per heavy atom. The van der Waals surface area contributed by atoms with Crippen LogP contribution in [0.2, 0.25) is 25.7 Å². The molecule has 0 aliphatic carbocycles. The van der Waals surface area contributed by atoms with E-state index in [1.165, 1.54) is 18.2 Å². The van der Waals surface area contributed by atoms with E-state index < -0.39 is 26.6 Å². The third-order valence-electron chi connectivity index (χ3n) is 3.14. The van der Waals surface area contributed by atoms with E-state index in [2.05, 4.69) is 30.9 Å². The lowest BCUT2D eigenvalue weighted by Crippen LogP contribution is -2.22. The molecule has 0 aliphatic heterocycles. The average Bonchev–Trinajstić information content (AvgIpc) is 2.45. The molecule has 2 N–H and O–H groups in total. The van der Waals surface area contributed by atoms with Crippen LogP contribution in [0.3, 0.4) is 0 Å². The Hall–Kier alpha value is -1.85. The highest BCUT2D eigenvalue weighted by Gasteiger charge is 2.25. The van der Waals surface area contributed by atoms with Crippen molar-refractivity contribution in [2.75, 3.05) is 18.7 Å². The van der Waals surface area contributed by atoms with Crippen LogP contribution in [-0.4, -0.2) is 33.6 Å². The van der Waals surface area contributed by atoms with Gasteiger partial charge in [0.2, 0.25) is 5.97 Å². The average molecular weight is 374 g/mol. The van der Waals surface area contributed by atoms with E-state index in [1.54, 1.807) is 0 Å². The van der Waals surface area contributed by atoms with Crippen molar-refractivity contribution < 1.29 is 22.3 Å². The molecule has 8 heteroatoms. The molecule has 0 spiro atoms. The highest BCUT2D eigenvalue weighted by molar-refractivity contribution is 6.76. The first kappa shape index (κ1) is 21.2. The zero-order chi connectivity index (χ0) is 19.1. The van der Waals surface area contributed by atoms with Crippen LogP contribution in [0.5, 0.6) is 0 Å². The second-order valence-electron chi connectivity index (χ2n) is 6.71. The minimum absolute atomic E-state index is 0.0624. The summed E-state index contributed by atoms with van der Waals surface area (Å²) >= 11 is 0. The predicted octanol–water partition coefficient (Wildman–Crippen LogP) is 5.01. The predicted molar refractivity (Wildman–Crippen MR) is 94.5 cm³/mol. The molecule has 0 fully saturated rings. The van der Waals surface area contributed by atoms with Crippen LogP contribution >= 0.6 is 0 Å². The normalized spacial score (nSPS) is 11.6. The second kappa shape index (κ2) is 9.01. The Morgan fingerprint density at radius 1 is 1.28 bits per heavy atom. The summed E-state index contributed by atoms with van der Waals surface area (Å²) in [5.74, 6) is 3.13. The number of alkyl halides is 3. The molecule has 25 heavy (non-hydrogen) atoms. The number of anilines is 1. The van der Waals surface area contributed by atoms with Crippen LogP contribution in [0.1, 0.15) is 17.5 Å². The highest BCUT2D eigenvalue weighted by atomic mass is 28.3. The maximum absolute atomic E-state index is 13.4. The summed E-state index contributed by atoms with van der Waals surface area (Å²) in [6.45, 7) is 7.43. The second-order valence-corrected chi connectivity index (χ2v) is 12.3. The molecule has 0 radical (unpaired) electrons. The largest absolute Gasteiger partial charge is 0.399 e. The molecule has 3 nitrogen and oxygen atoms in total. The van der Waals surface area contributed by atoms with Gasteiger partial charge >= 0.3 is 6.18 Å². The van der Waals surface area contributed by atoms with Crippen molar-refractivity contribution in [1.29, 1.82) is 5.41 Å². The monoisotopic (exact) mass is 374 g/mol. The molecule has 0 aliphatic rings. The molecule has 1 aromatic carbocycles. The van der Waals surface area contributed by atoms with E-state index >= 15 is 0 Å². The number of halogens is 4. The van der Waals surface area contributed by atoms with Gasteiger partial charge in [-0.25, -0.2) is 0 Å². The molecular formula is C17H22F4N2OSi. The Balaban J connectivity index is 2.70. The lowest BCUT2D eigenvalue weighted by atomic mass is 10.1. The van der Waals surface area contributed by atoms with Crippen molar-refractivity contribution in [1.82, 2.24) is 0 Å². The summed E-state index contributed by atoms with van der Waals surface area (Å²) in [6, 6.07) is 5.19. The zero-order valence-electron chi connectivity index (χ0n) is 14.5. The maximum atomic E-state index is 13.4. The van der Waals surface area contributed by atoms with Crippen molar-refractivity contribution >= 4 is 19.7 Å². The summed E-state index contributed by atoms with van der Waals surface area (Å²) in [7, 11) is -1.19. The van der Waals surface area contributed by atoms with Crippen LogP contribution in [-0.2, 0) is 4.74 Å². The molecule has 1 aromatic rings. The first-order chi connectivity index (χ1) is 11.5. The van der Waals surface area contributed by atoms with Crippen LogP contribution in [0.4, 0.5) is 23.2 Å².